The normalized spacial score (nSPS) is 14.2. The summed E-state index contributed by atoms with van der Waals surface area (Å²) in [5, 5.41) is 0.717. The first-order valence-corrected chi connectivity index (χ1v) is 10.2. The average molecular weight is 371 g/mol. The molecule has 0 amide bonds. The summed E-state index contributed by atoms with van der Waals surface area (Å²) in [6.45, 7) is 10.2. The Labute approximate surface area is 151 Å². The second-order valence-electron chi connectivity index (χ2n) is 6.79. The molecular weight excluding hydrogens is 344 g/mol. The smallest absolute Gasteiger partial charge is 0.265 e. The molecule has 0 aliphatic heterocycles. The van der Waals surface area contributed by atoms with E-state index < -0.39 is 10.1 Å². The minimum absolute atomic E-state index is 0.266. The van der Waals surface area contributed by atoms with Crippen LogP contribution >= 0.6 is 11.6 Å². The predicted molar refractivity (Wildman–Crippen MR) is 101 cm³/mol. The molecule has 0 fully saturated rings. The summed E-state index contributed by atoms with van der Waals surface area (Å²) in [5.74, 6) is 0.908. The molecule has 24 heavy (non-hydrogen) atoms. The van der Waals surface area contributed by atoms with E-state index in [1.165, 1.54) is 5.56 Å². The Bertz CT molecular complexity index is 671. The van der Waals surface area contributed by atoms with E-state index in [-0.39, 0.29) is 12.2 Å². The first-order chi connectivity index (χ1) is 11.1. The van der Waals surface area contributed by atoms with Crippen molar-refractivity contribution >= 4 is 21.7 Å². The van der Waals surface area contributed by atoms with Crippen LogP contribution in [0.2, 0.25) is 5.02 Å². The van der Waals surface area contributed by atoms with E-state index >= 15 is 0 Å². The second-order valence-corrected chi connectivity index (χ2v) is 8.79. The van der Waals surface area contributed by atoms with Gasteiger partial charge in [0.05, 0.1) is 5.75 Å². The fraction of sp³-hybridized carbons (Fsp3) is 0.526. The van der Waals surface area contributed by atoms with Crippen LogP contribution in [0, 0.1) is 11.8 Å². The van der Waals surface area contributed by atoms with Crippen molar-refractivity contribution in [3.63, 3.8) is 0 Å². The van der Waals surface area contributed by atoms with Gasteiger partial charge in [0, 0.05) is 5.02 Å². The molecule has 2 unspecified atom stereocenters. The fourth-order valence-corrected chi connectivity index (χ4v) is 3.59. The van der Waals surface area contributed by atoms with Crippen LogP contribution in [0.4, 0.5) is 0 Å². The molecule has 1 rings (SSSR count). The quantitative estimate of drug-likeness (QED) is 0.462. The van der Waals surface area contributed by atoms with Crippen LogP contribution in [0.1, 0.15) is 51.5 Å². The zero-order valence-corrected chi connectivity index (χ0v) is 16.2. The molecule has 3 nitrogen and oxygen atoms in total. The highest BCUT2D eigenvalue weighted by atomic mass is 35.5. The van der Waals surface area contributed by atoms with Crippen LogP contribution in [0.3, 0.4) is 0 Å². The van der Waals surface area contributed by atoms with Crippen molar-refractivity contribution in [3.8, 4) is 0 Å². The summed E-state index contributed by atoms with van der Waals surface area (Å²) < 4.78 is 30.8. The first-order valence-electron chi connectivity index (χ1n) is 8.20. The highest BCUT2D eigenvalue weighted by Crippen LogP contribution is 2.35. The summed E-state index contributed by atoms with van der Waals surface area (Å²) in [6, 6.07) is 7.92. The van der Waals surface area contributed by atoms with Crippen LogP contribution in [0.15, 0.2) is 42.1 Å². The molecule has 1 aromatic carbocycles. The number of rotatable bonds is 9. The van der Waals surface area contributed by atoms with Crippen LogP contribution in [0.25, 0.3) is 0 Å². The van der Waals surface area contributed by atoms with Gasteiger partial charge >= 0.3 is 0 Å². The number of hydrogen-bond donors (Lipinski definition) is 1. The third kappa shape index (κ3) is 7.67. The Hall–Kier alpha value is -1.06. The lowest BCUT2D eigenvalue weighted by Crippen LogP contribution is -2.14. The summed E-state index contributed by atoms with van der Waals surface area (Å²) in [7, 11) is -3.96. The van der Waals surface area contributed by atoms with Crippen molar-refractivity contribution in [1.82, 2.24) is 0 Å². The lowest BCUT2D eigenvalue weighted by Gasteiger charge is -2.27. The minimum Gasteiger partial charge on any atom is -0.286 e. The fourth-order valence-electron chi connectivity index (χ4n) is 2.96. The first kappa shape index (κ1) is 21.0. The lowest BCUT2D eigenvalue weighted by molar-refractivity contribution is 0.381. The third-order valence-corrected chi connectivity index (χ3v) is 5.16. The van der Waals surface area contributed by atoms with Gasteiger partial charge in [-0.25, -0.2) is 0 Å². The van der Waals surface area contributed by atoms with Gasteiger partial charge in [-0.15, -0.1) is 5.73 Å². The van der Waals surface area contributed by atoms with Crippen LogP contribution in [-0.4, -0.2) is 18.7 Å². The maximum absolute atomic E-state index is 11.0. The van der Waals surface area contributed by atoms with Gasteiger partial charge in [0.15, 0.2) is 0 Å². The zero-order chi connectivity index (χ0) is 18.3. The van der Waals surface area contributed by atoms with Crippen molar-refractivity contribution in [2.75, 3.05) is 5.75 Å². The van der Waals surface area contributed by atoms with E-state index in [1.54, 1.807) is 0 Å². The van der Waals surface area contributed by atoms with E-state index in [4.69, 9.17) is 16.2 Å². The van der Waals surface area contributed by atoms with E-state index in [1.807, 2.05) is 12.1 Å². The van der Waals surface area contributed by atoms with Gasteiger partial charge in [-0.3, -0.25) is 4.55 Å². The molecule has 134 valence electrons. The summed E-state index contributed by atoms with van der Waals surface area (Å²) >= 11 is 5.99. The summed E-state index contributed by atoms with van der Waals surface area (Å²) in [5.41, 5.74) is 4.92. The predicted octanol–water partition coefficient (Wildman–Crippen LogP) is 5.49. The molecule has 1 aromatic rings. The van der Waals surface area contributed by atoms with E-state index in [2.05, 4.69) is 45.2 Å². The van der Waals surface area contributed by atoms with Crippen LogP contribution in [0.5, 0.6) is 0 Å². The molecular formula is C19H27ClO3S. The van der Waals surface area contributed by atoms with Crippen molar-refractivity contribution in [1.29, 1.82) is 0 Å². The molecule has 0 aliphatic carbocycles. The molecule has 0 aliphatic rings. The van der Waals surface area contributed by atoms with Crippen molar-refractivity contribution in [2.45, 2.75) is 46.0 Å². The lowest BCUT2D eigenvalue weighted by atomic mass is 9.78. The van der Waals surface area contributed by atoms with Gasteiger partial charge < -0.3 is 0 Å². The van der Waals surface area contributed by atoms with Gasteiger partial charge in [0.1, 0.15) is 0 Å². The monoisotopic (exact) mass is 370 g/mol. The van der Waals surface area contributed by atoms with E-state index in [9.17, 15) is 8.42 Å². The highest BCUT2D eigenvalue weighted by Gasteiger charge is 2.22. The van der Waals surface area contributed by atoms with E-state index in [0.717, 1.165) is 17.0 Å². The summed E-state index contributed by atoms with van der Waals surface area (Å²) in [4.78, 5) is 0. The molecule has 0 saturated carbocycles. The Morgan fingerprint density at radius 3 is 2.29 bits per heavy atom. The van der Waals surface area contributed by atoms with Crippen LogP contribution < -0.4 is 0 Å². The van der Waals surface area contributed by atoms with Gasteiger partial charge in [-0.1, -0.05) is 51.1 Å². The maximum atomic E-state index is 11.0. The third-order valence-electron chi connectivity index (χ3n) is 4.19. The molecule has 0 bridgehead atoms. The second kappa shape index (κ2) is 9.43. The average Bonchev–Trinajstić information content (AvgIpc) is 2.48. The topological polar surface area (TPSA) is 54.4 Å². The molecule has 0 heterocycles. The van der Waals surface area contributed by atoms with Gasteiger partial charge in [-0.05, 0) is 60.3 Å². The largest absolute Gasteiger partial charge is 0.286 e. The molecule has 0 saturated heterocycles. The minimum atomic E-state index is -3.96. The Morgan fingerprint density at radius 1 is 1.25 bits per heavy atom. The zero-order valence-electron chi connectivity index (χ0n) is 14.6. The van der Waals surface area contributed by atoms with Crippen LogP contribution in [-0.2, 0) is 10.1 Å². The molecule has 2 atom stereocenters. The van der Waals surface area contributed by atoms with Crippen molar-refractivity contribution < 1.29 is 13.0 Å². The molecule has 0 aromatic heterocycles. The van der Waals surface area contributed by atoms with E-state index in [0.29, 0.717) is 24.2 Å². The van der Waals surface area contributed by atoms with Crippen molar-refractivity contribution in [3.05, 3.63) is 52.7 Å². The van der Waals surface area contributed by atoms with Gasteiger partial charge in [-0.2, -0.15) is 8.42 Å². The number of benzene rings is 1. The van der Waals surface area contributed by atoms with Crippen molar-refractivity contribution in [2.24, 2.45) is 11.8 Å². The van der Waals surface area contributed by atoms with Gasteiger partial charge in [0.25, 0.3) is 10.1 Å². The SMILES string of the molecule is C=C=C(CCS(=O)(=O)O)CC(C)C(CC(C)C)c1ccc(Cl)cc1. The Morgan fingerprint density at radius 2 is 1.83 bits per heavy atom. The standard InChI is InChI=1S/C19H27ClO3S/c1-5-16(10-11-24(21,22)23)13-15(4)19(12-14(2)3)17-6-8-18(20)9-7-17/h6-9,14-15,19H,1,10-13H2,2-4H3,(H,21,22,23). The number of halogens is 1. The van der Waals surface area contributed by atoms with Gasteiger partial charge in [0.2, 0.25) is 0 Å². The maximum Gasteiger partial charge on any atom is 0.265 e. The molecule has 0 radical (unpaired) electrons. The summed E-state index contributed by atoms with van der Waals surface area (Å²) in [6.07, 6.45) is 2.01. The Kier molecular flexibility index (Phi) is 8.24. The molecule has 0 spiro atoms. The number of hydrogen-bond acceptors (Lipinski definition) is 2. The highest BCUT2D eigenvalue weighted by molar-refractivity contribution is 7.85. The molecule has 1 N–H and O–H groups in total. The molecule has 5 heteroatoms. The number of allylic oxidation sites excluding steroid dienone is 1. The Balaban J connectivity index is 2.89.